The lowest BCUT2D eigenvalue weighted by Crippen LogP contribution is -2.41. The highest BCUT2D eigenvalue weighted by atomic mass is 35.5. The third-order valence-electron chi connectivity index (χ3n) is 4.62. The van der Waals surface area contributed by atoms with Gasteiger partial charge < -0.3 is 10.1 Å². The molecule has 1 N–H and O–H groups in total. The van der Waals surface area contributed by atoms with Crippen LogP contribution in [0.3, 0.4) is 0 Å². The van der Waals surface area contributed by atoms with Crippen LogP contribution in [-0.4, -0.2) is 43.9 Å². The van der Waals surface area contributed by atoms with E-state index in [1.165, 1.54) is 22.5 Å². The second-order valence-electron chi connectivity index (χ2n) is 6.58. The molecule has 0 spiro atoms. The smallest absolute Gasteiger partial charge is 0.379 e. The molecule has 13 heteroatoms. The van der Waals surface area contributed by atoms with Crippen LogP contribution in [0.5, 0.6) is 0 Å². The van der Waals surface area contributed by atoms with Crippen molar-refractivity contribution in [3.05, 3.63) is 62.7 Å². The van der Waals surface area contributed by atoms with Crippen LogP contribution in [-0.2, 0) is 27.5 Å². The van der Waals surface area contributed by atoms with E-state index < -0.39 is 37.4 Å². The third-order valence-corrected chi connectivity index (χ3v) is 6.93. The van der Waals surface area contributed by atoms with Gasteiger partial charge in [0.1, 0.15) is 5.69 Å². The molecule has 3 rings (SSSR count). The fraction of sp³-hybridized carbons (Fsp3) is 0.333. The van der Waals surface area contributed by atoms with E-state index in [2.05, 4.69) is 5.32 Å². The first-order valence-electron chi connectivity index (χ1n) is 8.96. The molecular weight excluding hydrogens is 463 g/mol. The number of alkyl halides is 3. The Bertz CT molecular complexity index is 1090. The van der Waals surface area contributed by atoms with Crippen LogP contribution in [0.1, 0.15) is 11.1 Å². The Kier molecular flexibility index (Phi) is 6.74. The summed E-state index contributed by atoms with van der Waals surface area (Å²) < 4.78 is 71.5. The van der Waals surface area contributed by atoms with Crippen LogP contribution < -0.4 is 5.32 Å². The number of nitrogens with zero attached hydrogens (tertiary/aromatic N) is 2. The van der Waals surface area contributed by atoms with E-state index in [0.29, 0.717) is 11.6 Å². The van der Waals surface area contributed by atoms with Crippen LogP contribution in [0, 0.1) is 10.1 Å². The standard InChI is InChI=1S/C18H17ClF3N3O5S/c19-14-10-15(16(25(26)27)9-13(14)18(20,21)22)23-11-12-3-1-2-4-17(12)31(28,29)24-5-7-30-8-6-24/h1-4,9-10,23H,5-8,11H2. The minimum absolute atomic E-state index is 0.00920. The fourth-order valence-corrected chi connectivity index (χ4v) is 4.99. The highest BCUT2D eigenvalue weighted by Crippen LogP contribution is 2.40. The number of nitrogens with one attached hydrogen (secondary N) is 1. The van der Waals surface area contributed by atoms with Crippen molar-refractivity contribution in [2.75, 3.05) is 31.6 Å². The number of halogens is 4. The van der Waals surface area contributed by atoms with Gasteiger partial charge in [0, 0.05) is 25.7 Å². The molecular formula is C18H17ClF3N3O5S. The van der Waals surface area contributed by atoms with Crippen LogP contribution in [0.2, 0.25) is 5.02 Å². The van der Waals surface area contributed by atoms with Gasteiger partial charge >= 0.3 is 6.18 Å². The van der Waals surface area contributed by atoms with Gasteiger partial charge in [0.05, 0.1) is 33.6 Å². The number of benzene rings is 2. The zero-order chi connectivity index (χ0) is 22.8. The predicted molar refractivity (Wildman–Crippen MR) is 106 cm³/mol. The molecule has 1 fully saturated rings. The van der Waals surface area contributed by atoms with Crippen molar-refractivity contribution in [2.45, 2.75) is 17.6 Å². The minimum atomic E-state index is -4.86. The predicted octanol–water partition coefficient (Wildman–Crippen LogP) is 3.90. The van der Waals surface area contributed by atoms with Gasteiger partial charge in [-0.1, -0.05) is 29.8 Å². The number of hydrogen-bond donors (Lipinski definition) is 1. The normalized spacial score (nSPS) is 15.6. The van der Waals surface area contributed by atoms with Crippen molar-refractivity contribution < 1.29 is 31.2 Å². The topological polar surface area (TPSA) is 102 Å². The number of sulfonamides is 1. The van der Waals surface area contributed by atoms with Gasteiger partial charge in [0.2, 0.25) is 10.0 Å². The molecule has 168 valence electrons. The van der Waals surface area contributed by atoms with Crippen molar-refractivity contribution in [2.24, 2.45) is 0 Å². The number of nitro groups is 1. The molecule has 0 amide bonds. The second-order valence-corrected chi connectivity index (χ2v) is 8.90. The van der Waals surface area contributed by atoms with Crippen LogP contribution in [0.25, 0.3) is 0 Å². The number of ether oxygens (including phenoxy) is 1. The van der Waals surface area contributed by atoms with Gasteiger partial charge in [-0.25, -0.2) is 8.42 Å². The maximum absolute atomic E-state index is 13.0. The van der Waals surface area contributed by atoms with Crippen LogP contribution >= 0.6 is 11.6 Å². The Morgan fingerprint density at radius 2 is 1.84 bits per heavy atom. The SMILES string of the molecule is O=[N+]([O-])c1cc(C(F)(F)F)c(Cl)cc1NCc1ccccc1S(=O)(=O)N1CCOCC1. The Balaban J connectivity index is 1.92. The van der Waals surface area contributed by atoms with Crippen molar-refractivity contribution in [1.29, 1.82) is 0 Å². The molecule has 0 aliphatic carbocycles. The molecule has 31 heavy (non-hydrogen) atoms. The summed E-state index contributed by atoms with van der Waals surface area (Å²) in [6.45, 7) is 0.697. The zero-order valence-corrected chi connectivity index (χ0v) is 17.4. The van der Waals surface area contributed by atoms with Crippen molar-refractivity contribution >= 4 is 33.0 Å². The summed E-state index contributed by atoms with van der Waals surface area (Å²) >= 11 is 5.68. The largest absolute Gasteiger partial charge is 0.418 e. The Labute approximate surface area is 180 Å². The molecule has 1 aliphatic rings. The lowest BCUT2D eigenvalue weighted by Gasteiger charge is -2.27. The van der Waals surface area contributed by atoms with Gasteiger partial charge in [0.15, 0.2) is 0 Å². The summed E-state index contributed by atoms with van der Waals surface area (Å²) in [5.41, 5.74) is -2.13. The third kappa shape index (κ3) is 5.09. The first-order chi connectivity index (χ1) is 14.5. The Hall–Kier alpha value is -2.41. The highest BCUT2D eigenvalue weighted by molar-refractivity contribution is 7.89. The molecule has 0 bridgehead atoms. The van der Waals surface area contributed by atoms with Gasteiger partial charge in [-0.2, -0.15) is 17.5 Å². The van der Waals surface area contributed by atoms with E-state index in [-0.39, 0.29) is 43.4 Å². The first-order valence-corrected chi connectivity index (χ1v) is 10.8. The number of hydrogen-bond acceptors (Lipinski definition) is 6. The fourth-order valence-electron chi connectivity index (χ4n) is 3.09. The Morgan fingerprint density at radius 1 is 1.19 bits per heavy atom. The minimum Gasteiger partial charge on any atom is -0.379 e. The van der Waals surface area contributed by atoms with Gasteiger partial charge in [-0.3, -0.25) is 10.1 Å². The number of anilines is 1. The van der Waals surface area contributed by atoms with Crippen molar-refractivity contribution in [3.8, 4) is 0 Å². The molecule has 0 unspecified atom stereocenters. The molecule has 0 saturated carbocycles. The van der Waals surface area contributed by atoms with E-state index in [9.17, 15) is 31.7 Å². The molecule has 2 aromatic carbocycles. The number of morpholine rings is 1. The summed E-state index contributed by atoms with van der Waals surface area (Å²) in [5, 5.41) is 13.2. The van der Waals surface area contributed by atoms with Gasteiger partial charge in [-0.15, -0.1) is 0 Å². The zero-order valence-electron chi connectivity index (χ0n) is 15.9. The molecule has 1 saturated heterocycles. The maximum atomic E-state index is 13.0. The molecule has 1 heterocycles. The van der Waals surface area contributed by atoms with E-state index in [4.69, 9.17) is 16.3 Å². The highest BCUT2D eigenvalue weighted by Gasteiger charge is 2.36. The summed E-state index contributed by atoms with van der Waals surface area (Å²) in [4.78, 5) is 10.3. The summed E-state index contributed by atoms with van der Waals surface area (Å²) in [5.74, 6) is 0. The molecule has 0 radical (unpaired) electrons. The van der Waals surface area contributed by atoms with E-state index >= 15 is 0 Å². The summed E-state index contributed by atoms with van der Waals surface area (Å²) in [6, 6.07) is 7.19. The summed E-state index contributed by atoms with van der Waals surface area (Å²) in [6.07, 6.45) is -4.86. The molecule has 0 atom stereocenters. The maximum Gasteiger partial charge on any atom is 0.418 e. The van der Waals surface area contributed by atoms with Gasteiger partial charge in [0.25, 0.3) is 5.69 Å². The molecule has 8 nitrogen and oxygen atoms in total. The van der Waals surface area contributed by atoms with Crippen molar-refractivity contribution in [3.63, 3.8) is 0 Å². The Morgan fingerprint density at radius 3 is 2.45 bits per heavy atom. The number of nitro benzene ring substituents is 1. The monoisotopic (exact) mass is 479 g/mol. The lowest BCUT2D eigenvalue weighted by atomic mass is 10.1. The average Bonchev–Trinajstić information content (AvgIpc) is 2.72. The van der Waals surface area contributed by atoms with Crippen LogP contribution in [0.15, 0.2) is 41.3 Å². The van der Waals surface area contributed by atoms with Crippen molar-refractivity contribution in [1.82, 2.24) is 4.31 Å². The quantitative estimate of drug-likeness (QED) is 0.498. The van der Waals surface area contributed by atoms with E-state index in [0.717, 1.165) is 6.07 Å². The number of rotatable bonds is 6. The summed E-state index contributed by atoms with van der Waals surface area (Å²) in [7, 11) is -3.85. The molecule has 0 aromatic heterocycles. The average molecular weight is 480 g/mol. The van der Waals surface area contributed by atoms with Crippen LogP contribution in [0.4, 0.5) is 24.5 Å². The lowest BCUT2D eigenvalue weighted by molar-refractivity contribution is -0.384. The van der Waals surface area contributed by atoms with Gasteiger partial charge in [-0.05, 0) is 17.7 Å². The molecule has 2 aromatic rings. The molecule has 1 aliphatic heterocycles. The van der Waals surface area contributed by atoms with E-state index in [1.807, 2.05) is 0 Å². The van der Waals surface area contributed by atoms with E-state index in [1.54, 1.807) is 6.07 Å². The first kappa shape index (κ1) is 23.3. The second kappa shape index (κ2) is 8.99.